The molecule has 2 aromatic rings. The summed E-state index contributed by atoms with van der Waals surface area (Å²) in [7, 11) is 0. The number of benzene rings is 1. The van der Waals surface area contributed by atoms with Crippen molar-refractivity contribution in [1.82, 2.24) is 19.8 Å². The molecule has 1 fully saturated rings. The Labute approximate surface area is 144 Å². The average Bonchev–Trinajstić information content (AvgIpc) is 2.64. The number of nitrogens with one attached hydrogen (secondary N) is 1. The van der Waals surface area contributed by atoms with Gasteiger partial charge in [0.25, 0.3) is 0 Å². The number of carbonyl (C=O) groups excluding carboxylic acids is 1. The van der Waals surface area contributed by atoms with Gasteiger partial charge in [-0.05, 0) is 12.1 Å². The molecular weight excluding hydrogens is 328 g/mol. The molecule has 0 radical (unpaired) electrons. The lowest BCUT2D eigenvalue weighted by molar-refractivity contribution is 0.148. The van der Waals surface area contributed by atoms with Gasteiger partial charge < -0.3 is 10.2 Å². The highest BCUT2D eigenvalue weighted by atomic mass is 19.2. The third-order valence-electron chi connectivity index (χ3n) is 4.13. The summed E-state index contributed by atoms with van der Waals surface area (Å²) in [4.78, 5) is 24.4. The van der Waals surface area contributed by atoms with Gasteiger partial charge in [-0.25, -0.2) is 13.6 Å². The van der Waals surface area contributed by atoms with E-state index in [1.54, 1.807) is 23.5 Å². The van der Waals surface area contributed by atoms with Crippen LogP contribution < -0.4 is 5.32 Å². The first-order chi connectivity index (χ1) is 12.1. The van der Waals surface area contributed by atoms with E-state index >= 15 is 0 Å². The quantitative estimate of drug-likeness (QED) is 0.921. The molecule has 1 aromatic heterocycles. The van der Waals surface area contributed by atoms with Gasteiger partial charge in [0.05, 0.1) is 5.69 Å². The van der Waals surface area contributed by atoms with Gasteiger partial charge in [-0.1, -0.05) is 0 Å². The molecule has 1 aromatic carbocycles. The fourth-order valence-corrected chi connectivity index (χ4v) is 2.68. The van der Waals surface area contributed by atoms with E-state index in [0.717, 1.165) is 43.9 Å². The first-order valence-corrected chi connectivity index (χ1v) is 8.10. The van der Waals surface area contributed by atoms with Crippen LogP contribution in [0.3, 0.4) is 0 Å². The number of hydrogen-bond donors (Lipinski definition) is 1. The summed E-state index contributed by atoms with van der Waals surface area (Å²) in [6.07, 6.45) is 5.89. The van der Waals surface area contributed by atoms with Crippen LogP contribution in [-0.4, -0.2) is 58.5 Å². The lowest BCUT2D eigenvalue weighted by Gasteiger charge is -2.34. The summed E-state index contributed by atoms with van der Waals surface area (Å²) in [6, 6.07) is 3.01. The maximum atomic E-state index is 13.2. The molecule has 132 valence electrons. The number of hydrogen-bond acceptors (Lipinski definition) is 4. The summed E-state index contributed by atoms with van der Waals surface area (Å²) in [6.45, 7) is 3.53. The fourth-order valence-electron chi connectivity index (χ4n) is 2.68. The van der Waals surface area contributed by atoms with Crippen molar-refractivity contribution in [3.05, 3.63) is 54.1 Å². The minimum Gasteiger partial charge on any atom is -0.322 e. The predicted octanol–water partition coefficient (Wildman–Crippen LogP) is 2.15. The van der Waals surface area contributed by atoms with Crippen molar-refractivity contribution in [3.63, 3.8) is 0 Å². The summed E-state index contributed by atoms with van der Waals surface area (Å²) in [5, 5.41) is 2.60. The number of rotatable bonds is 4. The Morgan fingerprint density at radius 2 is 1.92 bits per heavy atom. The van der Waals surface area contributed by atoms with E-state index in [-0.39, 0.29) is 11.7 Å². The van der Waals surface area contributed by atoms with Gasteiger partial charge in [-0.2, -0.15) is 0 Å². The van der Waals surface area contributed by atoms with E-state index in [2.05, 4.69) is 20.2 Å². The van der Waals surface area contributed by atoms with Gasteiger partial charge in [-0.3, -0.25) is 14.9 Å². The Morgan fingerprint density at radius 1 is 1.12 bits per heavy atom. The highest BCUT2D eigenvalue weighted by molar-refractivity contribution is 5.89. The maximum Gasteiger partial charge on any atom is 0.321 e. The highest BCUT2D eigenvalue weighted by Crippen LogP contribution is 2.14. The van der Waals surface area contributed by atoms with Gasteiger partial charge in [-0.15, -0.1) is 0 Å². The molecule has 0 saturated carbocycles. The number of piperazine rings is 1. The molecule has 0 aliphatic carbocycles. The Bertz CT molecular complexity index is 720. The van der Waals surface area contributed by atoms with E-state index in [1.807, 2.05) is 0 Å². The average molecular weight is 347 g/mol. The number of nitrogens with zero attached hydrogens (tertiary/aromatic N) is 4. The zero-order chi connectivity index (χ0) is 17.6. The monoisotopic (exact) mass is 347 g/mol. The van der Waals surface area contributed by atoms with Crippen molar-refractivity contribution < 1.29 is 13.6 Å². The van der Waals surface area contributed by atoms with Crippen molar-refractivity contribution in [2.45, 2.75) is 6.42 Å². The predicted molar refractivity (Wildman–Crippen MR) is 89.1 cm³/mol. The minimum atomic E-state index is -0.980. The van der Waals surface area contributed by atoms with E-state index < -0.39 is 11.6 Å². The van der Waals surface area contributed by atoms with Crippen LogP contribution in [0.5, 0.6) is 0 Å². The van der Waals surface area contributed by atoms with Crippen LogP contribution in [0.1, 0.15) is 5.69 Å². The van der Waals surface area contributed by atoms with Crippen molar-refractivity contribution >= 4 is 11.7 Å². The zero-order valence-corrected chi connectivity index (χ0v) is 13.7. The zero-order valence-electron chi connectivity index (χ0n) is 13.7. The maximum absolute atomic E-state index is 13.2. The Hall–Kier alpha value is -2.61. The van der Waals surface area contributed by atoms with Crippen molar-refractivity contribution in [3.8, 4) is 0 Å². The van der Waals surface area contributed by atoms with Gasteiger partial charge in [0.2, 0.25) is 0 Å². The largest absolute Gasteiger partial charge is 0.322 e. The number of aromatic nitrogens is 2. The summed E-state index contributed by atoms with van der Waals surface area (Å²) >= 11 is 0. The molecule has 1 aliphatic rings. The Balaban J connectivity index is 1.45. The molecule has 3 rings (SSSR count). The second-order valence-corrected chi connectivity index (χ2v) is 5.83. The number of anilines is 1. The van der Waals surface area contributed by atoms with Crippen LogP contribution in [0.15, 0.2) is 36.8 Å². The highest BCUT2D eigenvalue weighted by Gasteiger charge is 2.21. The standard InChI is InChI=1S/C17H19F2N5O/c18-15-2-1-13(11-16(15)19)22-17(25)24-9-7-23(8-10-24)6-3-14-12-20-4-5-21-14/h1-2,4-5,11-12H,3,6-10H2,(H,22,25). The van der Waals surface area contributed by atoms with E-state index in [9.17, 15) is 13.6 Å². The number of amides is 2. The lowest BCUT2D eigenvalue weighted by atomic mass is 10.2. The van der Waals surface area contributed by atoms with E-state index in [4.69, 9.17) is 0 Å². The number of halogens is 2. The fraction of sp³-hybridized carbons (Fsp3) is 0.353. The Morgan fingerprint density at radius 3 is 2.60 bits per heavy atom. The van der Waals surface area contributed by atoms with Gasteiger partial charge in [0.15, 0.2) is 11.6 Å². The topological polar surface area (TPSA) is 61.4 Å². The van der Waals surface area contributed by atoms with Crippen LogP contribution in [-0.2, 0) is 6.42 Å². The number of carbonyl (C=O) groups is 1. The molecule has 1 aliphatic heterocycles. The summed E-state index contributed by atoms with van der Waals surface area (Å²) < 4.78 is 26.1. The summed E-state index contributed by atoms with van der Waals surface area (Å²) in [5.41, 5.74) is 1.19. The lowest BCUT2D eigenvalue weighted by Crippen LogP contribution is -2.50. The van der Waals surface area contributed by atoms with Crippen LogP contribution in [0, 0.1) is 11.6 Å². The van der Waals surface area contributed by atoms with Gasteiger partial charge in [0.1, 0.15) is 0 Å². The van der Waals surface area contributed by atoms with E-state index in [1.165, 1.54) is 6.07 Å². The van der Waals surface area contributed by atoms with Crippen LogP contribution in [0.25, 0.3) is 0 Å². The minimum absolute atomic E-state index is 0.244. The molecule has 1 saturated heterocycles. The third-order valence-corrected chi connectivity index (χ3v) is 4.13. The first kappa shape index (κ1) is 17.2. The third kappa shape index (κ3) is 4.69. The van der Waals surface area contributed by atoms with Gasteiger partial charge in [0, 0.05) is 69.5 Å². The molecule has 8 heteroatoms. The second kappa shape index (κ2) is 7.98. The molecule has 1 N–H and O–H groups in total. The molecule has 2 heterocycles. The van der Waals surface area contributed by atoms with Gasteiger partial charge >= 0.3 is 6.03 Å². The number of urea groups is 1. The molecule has 25 heavy (non-hydrogen) atoms. The molecular formula is C17H19F2N5O. The smallest absolute Gasteiger partial charge is 0.321 e. The molecule has 0 atom stereocenters. The van der Waals surface area contributed by atoms with Crippen LogP contribution in [0.2, 0.25) is 0 Å². The summed E-state index contributed by atoms with van der Waals surface area (Å²) in [5.74, 6) is -1.92. The van der Waals surface area contributed by atoms with Crippen LogP contribution >= 0.6 is 0 Å². The molecule has 0 unspecified atom stereocenters. The van der Waals surface area contributed by atoms with Crippen molar-refractivity contribution in [2.24, 2.45) is 0 Å². The molecule has 0 spiro atoms. The van der Waals surface area contributed by atoms with Crippen LogP contribution in [0.4, 0.5) is 19.3 Å². The molecule has 0 bridgehead atoms. The molecule has 2 amide bonds. The SMILES string of the molecule is O=C(Nc1ccc(F)c(F)c1)N1CCN(CCc2cnccn2)CC1. The van der Waals surface area contributed by atoms with Crippen molar-refractivity contribution in [1.29, 1.82) is 0 Å². The second-order valence-electron chi connectivity index (χ2n) is 5.83. The molecule has 6 nitrogen and oxygen atoms in total. The Kier molecular flexibility index (Phi) is 5.49. The van der Waals surface area contributed by atoms with Crippen molar-refractivity contribution in [2.75, 3.05) is 38.0 Å². The first-order valence-electron chi connectivity index (χ1n) is 8.10. The normalized spacial score (nSPS) is 15.2. The van der Waals surface area contributed by atoms with E-state index in [0.29, 0.717) is 13.1 Å².